The molecule has 0 heterocycles. The summed E-state index contributed by atoms with van der Waals surface area (Å²) in [5.41, 5.74) is 0. The largest absolute Gasteiger partial charge is 0.439 e. The van der Waals surface area contributed by atoms with Crippen molar-refractivity contribution in [2.45, 2.75) is 102 Å². The van der Waals surface area contributed by atoms with Gasteiger partial charge in [-0.2, -0.15) is 0 Å². The molecule has 0 atom stereocenters. The van der Waals surface area contributed by atoms with Crippen LogP contribution >= 0.6 is 0 Å². The number of hydrogen-bond donors (Lipinski definition) is 0. The van der Waals surface area contributed by atoms with Crippen molar-refractivity contribution in [1.82, 2.24) is 0 Å². The molecule has 0 fully saturated rings. The number of hydrogen-bond acceptors (Lipinski definition) is 3. The Labute approximate surface area is 163 Å². The van der Waals surface area contributed by atoms with Gasteiger partial charge in [-0.3, -0.25) is 0 Å². The van der Waals surface area contributed by atoms with E-state index in [1.165, 1.54) is 0 Å². The first kappa shape index (κ1) is 44.3. The molecule has 24 heavy (non-hydrogen) atoms. The lowest BCUT2D eigenvalue weighted by atomic mass is 11.8. The highest BCUT2D eigenvalue weighted by molar-refractivity contribution is 6.74. The molecular formula is C17H56O3Si4. The Bertz CT molecular complexity index is 217. The number of rotatable bonds is 4. The van der Waals surface area contributed by atoms with Crippen LogP contribution in [-0.4, -0.2) is 48.2 Å². The predicted octanol–water partition coefficient (Wildman–Crippen LogP) is 7.30. The Morgan fingerprint density at radius 3 is 0.833 bits per heavy atom. The molecular weight excluding hydrogens is 365 g/mol. The van der Waals surface area contributed by atoms with Gasteiger partial charge >= 0.3 is 8.56 Å². The third-order valence-corrected chi connectivity index (χ3v) is 7.99. The third-order valence-electron chi connectivity index (χ3n) is 1.62. The molecule has 0 amide bonds. The summed E-state index contributed by atoms with van der Waals surface area (Å²) in [5, 5.41) is 0. The zero-order valence-corrected chi connectivity index (χ0v) is 20.5. The molecule has 3 nitrogen and oxygen atoms in total. The van der Waals surface area contributed by atoms with Gasteiger partial charge in [0.25, 0.3) is 0 Å². The smallest absolute Gasteiger partial charge is 0.320 e. The Morgan fingerprint density at radius 1 is 0.583 bits per heavy atom. The van der Waals surface area contributed by atoms with Crippen molar-refractivity contribution in [1.29, 1.82) is 0 Å². The minimum absolute atomic E-state index is 0. The van der Waals surface area contributed by atoms with E-state index in [1.54, 1.807) is 14.2 Å². The summed E-state index contributed by atoms with van der Waals surface area (Å²) >= 11 is 0. The van der Waals surface area contributed by atoms with E-state index in [9.17, 15) is 0 Å². The fraction of sp³-hybridized carbons (Fsp3) is 1.00. The highest BCUT2D eigenvalue weighted by Gasteiger charge is 2.23. The second-order valence-electron chi connectivity index (χ2n) is 8.09. The molecule has 0 aliphatic rings. The minimum atomic E-state index is -1.68. The molecule has 0 saturated carbocycles. The zero-order chi connectivity index (χ0) is 17.2. The van der Waals surface area contributed by atoms with Gasteiger partial charge in [0.1, 0.15) is 0 Å². The van der Waals surface area contributed by atoms with E-state index >= 15 is 0 Å². The van der Waals surface area contributed by atoms with Crippen molar-refractivity contribution in [2.75, 3.05) is 14.2 Å². The lowest BCUT2D eigenvalue weighted by Crippen LogP contribution is -2.37. The van der Waals surface area contributed by atoms with E-state index in [1.807, 2.05) is 0 Å². The highest BCUT2D eigenvalue weighted by atomic mass is 28.4. The van der Waals surface area contributed by atoms with Crippen LogP contribution in [0, 0.1) is 0 Å². The van der Waals surface area contributed by atoms with Gasteiger partial charge in [-0.15, -0.1) is 0 Å². The van der Waals surface area contributed by atoms with Crippen molar-refractivity contribution >= 4 is 34.0 Å². The molecule has 0 rings (SSSR count). The maximum Gasteiger partial charge on any atom is 0.320 e. The van der Waals surface area contributed by atoms with Crippen LogP contribution in [0.3, 0.4) is 0 Å². The lowest BCUT2D eigenvalue weighted by Gasteiger charge is -2.22. The van der Waals surface area contributed by atoms with Crippen LogP contribution in [0.1, 0.15) is 29.7 Å². The third kappa shape index (κ3) is 78.0. The summed E-state index contributed by atoms with van der Waals surface area (Å²) in [6.07, 6.45) is 0. The van der Waals surface area contributed by atoms with E-state index in [4.69, 9.17) is 13.0 Å². The molecule has 0 spiro atoms. The van der Waals surface area contributed by atoms with E-state index in [-0.39, 0.29) is 29.7 Å². The van der Waals surface area contributed by atoms with E-state index in [0.29, 0.717) is 0 Å². The summed E-state index contributed by atoms with van der Waals surface area (Å²) in [6.45, 7) is 24.2. The van der Waals surface area contributed by atoms with Gasteiger partial charge in [-0.25, -0.2) is 0 Å². The standard InChI is InChI=1S/C5H16O2Si2.C4H12OSi.C4H12Si.4CH4/c1-6-9(4,5)7-8(2)3;1-5-6(2,3)4;1-5(2,3)4;;;;/h8H,1-5H3;1-4H3;1-4H3;4*1H4. The van der Waals surface area contributed by atoms with Crippen LogP contribution in [0.4, 0.5) is 0 Å². The molecule has 0 radical (unpaired) electrons. The Hall–Kier alpha value is 0.748. The van der Waals surface area contributed by atoms with Gasteiger partial charge in [0.2, 0.25) is 0 Å². The SMILES string of the molecule is C.C.C.C.CO[Si](C)(C)C.CO[Si](C)(C)O[SiH](C)C.C[Si](C)(C)C. The molecule has 158 valence electrons. The van der Waals surface area contributed by atoms with Crippen LogP contribution in [-0.2, 0) is 13.0 Å². The Balaban J connectivity index is -0.0000000347. The van der Waals surface area contributed by atoms with Gasteiger partial charge in [-0.05, 0) is 45.8 Å². The molecule has 0 bridgehead atoms. The molecule has 0 aromatic carbocycles. The van der Waals surface area contributed by atoms with Gasteiger partial charge in [0.15, 0.2) is 17.4 Å². The van der Waals surface area contributed by atoms with Gasteiger partial charge in [0.05, 0.1) is 0 Å². The lowest BCUT2D eigenvalue weighted by molar-refractivity contribution is 0.317. The van der Waals surface area contributed by atoms with Crippen LogP contribution in [0.25, 0.3) is 0 Å². The monoisotopic (exact) mass is 420 g/mol. The van der Waals surface area contributed by atoms with Crippen molar-refractivity contribution < 1.29 is 13.0 Å². The Morgan fingerprint density at radius 2 is 0.792 bits per heavy atom. The van der Waals surface area contributed by atoms with Crippen molar-refractivity contribution in [3.05, 3.63) is 0 Å². The van der Waals surface area contributed by atoms with Gasteiger partial charge < -0.3 is 13.0 Å². The molecule has 0 aromatic rings. The summed E-state index contributed by atoms with van der Waals surface area (Å²) in [5.74, 6) is 0. The summed E-state index contributed by atoms with van der Waals surface area (Å²) in [7, 11) is -0.802. The fourth-order valence-electron chi connectivity index (χ4n) is 0.616. The van der Waals surface area contributed by atoms with Crippen molar-refractivity contribution in [3.8, 4) is 0 Å². The van der Waals surface area contributed by atoms with Crippen molar-refractivity contribution in [2.24, 2.45) is 0 Å². The maximum absolute atomic E-state index is 5.64. The van der Waals surface area contributed by atoms with Gasteiger partial charge in [-0.1, -0.05) is 55.9 Å². The molecule has 0 N–H and O–H groups in total. The molecule has 0 aliphatic carbocycles. The van der Waals surface area contributed by atoms with Gasteiger partial charge in [0, 0.05) is 22.3 Å². The predicted molar refractivity (Wildman–Crippen MR) is 131 cm³/mol. The van der Waals surface area contributed by atoms with E-state index in [2.05, 4.69) is 72.0 Å². The molecule has 0 saturated heterocycles. The zero-order valence-electron chi connectivity index (χ0n) is 16.3. The first-order valence-corrected chi connectivity index (χ1v) is 20.3. The first-order valence-electron chi connectivity index (χ1n) is 7.32. The highest BCUT2D eigenvalue weighted by Crippen LogP contribution is 2.05. The average molecular weight is 421 g/mol. The quantitative estimate of drug-likeness (QED) is 0.446. The van der Waals surface area contributed by atoms with Crippen molar-refractivity contribution in [3.63, 3.8) is 0 Å². The Kier molecular flexibility index (Phi) is 37.0. The molecule has 0 unspecified atom stereocenters. The summed E-state index contributed by atoms with van der Waals surface area (Å²) in [4.78, 5) is 0. The van der Waals surface area contributed by atoms with Crippen LogP contribution < -0.4 is 0 Å². The minimum Gasteiger partial charge on any atom is -0.439 e. The normalized spacial score (nSPS) is 10.2. The molecule has 0 aromatic heterocycles. The van der Waals surface area contributed by atoms with E-state index in [0.717, 1.165) is 0 Å². The molecule has 0 aliphatic heterocycles. The average Bonchev–Trinajstić information content (AvgIpc) is 2.13. The maximum atomic E-state index is 5.64. The topological polar surface area (TPSA) is 27.7 Å². The van der Waals surface area contributed by atoms with Crippen LogP contribution in [0.5, 0.6) is 0 Å². The van der Waals surface area contributed by atoms with Crippen LogP contribution in [0.15, 0.2) is 0 Å². The first-order chi connectivity index (χ1) is 8.54. The fourth-order valence-corrected chi connectivity index (χ4v) is 5.54. The van der Waals surface area contributed by atoms with E-state index < -0.39 is 34.0 Å². The summed E-state index contributed by atoms with van der Waals surface area (Å²) < 4.78 is 15.9. The second kappa shape index (κ2) is 20.1. The van der Waals surface area contributed by atoms with Crippen LogP contribution in [0.2, 0.25) is 72.0 Å². The molecule has 7 heteroatoms. The second-order valence-corrected chi connectivity index (χ2v) is 25.0. The summed E-state index contributed by atoms with van der Waals surface area (Å²) in [6, 6.07) is 0.